The number of hydrogen-bond acceptors (Lipinski definition) is 4. The fourth-order valence-corrected chi connectivity index (χ4v) is 1.31. The zero-order valence-electron chi connectivity index (χ0n) is 10.2. The molecule has 0 saturated carbocycles. The number of esters is 1. The summed E-state index contributed by atoms with van der Waals surface area (Å²) in [4.78, 5) is 22.0. The van der Waals surface area contributed by atoms with Gasteiger partial charge in [0.25, 0.3) is 0 Å². The molecule has 0 heterocycles. The Bertz CT molecular complexity index is 476. The summed E-state index contributed by atoms with van der Waals surface area (Å²) in [6.07, 6.45) is 2.72. The first-order valence-corrected chi connectivity index (χ1v) is 5.34. The first-order chi connectivity index (χ1) is 8.56. The largest absolute Gasteiger partial charge is 0.497 e. The van der Waals surface area contributed by atoms with Crippen LogP contribution in [0.15, 0.2) is 24.3 Å². The second kappa shape index (κ2) is 6.44. The van der Waals surface area contributed by atoms with Crippen LogP contribution in [-0.4, -0.2) is 30.8 Å². The molecular formula is C13H14O5. The highest BCUT2D eigenvalue weighted by Gasteiger charge is 2.06. The van der Waals surface area contributed by atoms with Gasteiger partial charge in [0.2, 0.25) is 0 Å². The number of ether oxygens (including phenoxy) is 2. The van der Waals surface area contributed by atoms with E-state index in [1.807, 2.05) is 0 Å². The number of aromatic carboxylic acids is 1. The van der Waals surface area contributed by atoms with Gasteiger partial charge in [-0.05, 0) is 36.8 Å². The average Bonchev–Trinajstić information content (AvgIpc) is 2.36. The lowest BCUT2D eigenvalue weighted by molar-refractivity contribution is -0.137. The van der Waals surface area contributed by atoms with E-state index < -0.39 is 11.9 Å². The van der Waals surface area contributed by atoms with Gasteiger partial charge in [-0.15, -0.1) is 0 Å². The molecule has 0 atom stereocenters. The Morgan fingerprint density at radius 2 is 2.06 bits per heavy atom. The van der Waals surface area contributed by atoms with Crippen LogP contribution in [0.4, 0.5) is 0 Å². The van der Waals surface area contributed by atoms with Crippen molar-refractivity contribution in [3.05, 3.63) is 35.4 Å². The number of rotatable bonds is 5. The van der Waals surface area contributed by atoms with E-state index in [-0.39, 0.29) is 5.56 Å². The highest BCUT2D eigenvalue weighted by Crippen LogP contribution is 2.18. The van der Waals surface area contributed by atoms with Gasteiger partial charge in [-0.3, -0.25) is 0 Å². The molecule has 0 spiro atoms. The van der Waals surface area contributed by atoms with Gasteiger partial charge in [-0.2, -0.15) is 0 Å². The van der Waals surface area contributed by atoms with Crippen LogP contribution in [0.25, 0.3) is 6.08 Å². The van der Waals surface area contributed by atoms with Gasteiger partial charge >= 0.3 is 11.9 Å². The SMILES string of the molecule is CCOC(=O)C=Cc1cc(OC)cc(C(=O)O)c1. The average molecular weight is 250 g/mol. The van der Waals surface area contributed by atoms with Crippen LogP contribution < -0.4 is 4.74 Å². The molecule has 0 aromatic heterocycles. The Kier molecular flexibility index (Phi) is 4.92. The van der Waals surface area contributed by atoms with Gasteiger partial charge in [0.1, 0.15) is 5.75 Å². The van der Waals surface area contributed by atoms with E-state index in [0.717, 1.165) is 0 Å². The lowest BCUT2D eigenvalue weighted by atomic mass is 10.1. The normalized spacial score (nSPS) is 10.3. The van der Waals surface area contributed by atoms with Crippen LogP contribution in [0.1, 0.15) is 22.8 Å². The number of benzene rings is 1. The molecule has 0 aliphatic carbocycles. The quantitative estimate of drug-likeness (QED) is 0.639. The molecule has 0 amide bonds. The molecule has 0 saturated heterocycles. The monoisotopic (exact) mass is 250 g/mol. The molecule has 1 N–H and O–H groups in total. The third kappa shape index (κ3) is 3.93. The van der Waals surface area contributed by atoms with Gasteiger partial charge < -0.3 is 14.6 Å². The minimum atomic E-state index is -1.06. The molecule has 18 heavy (non-hydrogen) atoms. The van der Waals surface area contributed by atoms with Crippen molar-refractivity contribution in [2.24, 2.45) is 0 Å². The predicted molar refractivity (Wildman–Crippen MR) is 65.6 cm³/mol. The maximum Gasteiger partial charge on any atom is 0.335 e. The summed E-state index contributed by atoms with van der Waals surface area (Å²) in [6, 6.07) is 4.48. The highest BCUT2D eigenvalue weighted by atomic mass is 16.5. The van der Waals surface area contributed by atoms with Crippen molar-refractivity contribution in [2.75, 3.05) is 13.7 Å². The third-order valence-electron chi connectivity index (χ3n) is 2.11. The Morgan fingerprint density at radius 3 is 2.61 bits per heavy atom. The van der Waals surface area contributed by atoms with E-state index in [4.69, 9.17) is 14.6 Å². The van der Waals surface area contributed by atoms with Gasteiger partial charge in [0.05, 0.1) is 19.3 Å². The number of carboxylic acid groups (broad SMARTS) is 1. The lowest BCUT2D eigenvalue weighted by Crippen LogP contribution is -2.00. The van der Waals surface area contributed by atoms with Crippen molar-refractivity contribution >= 4 is 18.0 Å². The van der Waals surface area contributed by atoms with E-state index in [0.29, 0.717) is 17.9 Å². The molecule has 0 bridgehead atoms. The van der Waals surface area contributed by atoms with Gasteiger partial charge in [0, 0.05) is 6.08 Å². The highest BCUT2D eigenvalue weighted by molar-refractivity contribution is 5.90. The number of methoxy groups -OCH3 is 1. The third-order valence-corrected chi connectivity index (χ3v) is 2.11. The lowest BCUT2D eigenvalue weighted by Gasteiger charge is -2.03. The smallest absolute Gasteiger partial charge is 0.335 e. The van der Waals surface area contributed by atoms with Crippen LogP contribution in [0.5, 0.6) is 5.75 Å². The molecule has 0 fully saturated rings. The van der Waals surface area contributed by atoms with Gasteiger partial charge in [-0.25, -0.2) is 9.59 Å². The zero-order chi connectivity index (χ0) is 13.5. The van der Waals surface area contributed by atoms with Crippen LogP contribution >= 0.6 is 0 Å². The van der Waals surface area contributed by atoms with E-state index in [1.165, 1.54) is 31.4 Å². The first kappa shape index (κ1) is 13.8. The van der Waals surface area contributed by atoms with E-state index in [9.17, 15) is 9.59 Å². The van der Waals surface area contributed by atoms with Crippen molar-refractivity contribution in [1.82, 2.24) is 0 Å². The molecule has 0 aliphatic heterocycles. The van der Waals surface area contributed by atoms with Crippen LogP contribution in [0.2, 0.25) is 0 Å². The molecule has 0 unspecified atom stereocenters. The standard InChI is InChI=1S/C13H14O5/c1-3-18-12(14)5-4-9-6-10(13(15)16)8-11(7-9)17-2/h4-8H,3H2,1-2H3,(H,15,16). The van der Waals surface area contributed by atoms with Crippen LogP contribution in [0, 0.1) is 0 Å². The summed E-state index contributed by atoms with van der Waals surface area (Å²) >= 11 is 0. The maximum atomic E-state index is 11.1. The Labute approximate surface area is 105 Å². The molecule has 1 aromatic rings. The number of carbonyl (C=O) groups is 2. The topological polar surface area (TPSA) is 72.8 Å². The Morgan fingerprint density at radius 1 is 1.33 bits per heavy atom. The molecule has 1 rings (SSSR count). The number of hydrogen-bond donors (Lipinski definition) is 1. The summed E-state index contributed by atoms with van der Waals surface area (Å²) in [5.41, 5.74) is 0.651. The molecule has 5 nitrogen and oxygen atoms in total. The van der Waals surface area contributed by atoms with E-state index in [2.05, 4.69) is 0 Å². The molecule has 1 aromatic carbocycles. The maximum absolute atomic E-state index is 11.1. The van der Waals surface area contributed by atoms with Crippen molar-refractivity contribution in [2.45, 2.75) is 6.92 Å². The van der Waals surface area contributed by atoms with Gasteiger partial charge in [-0.1, -0.05) is 0 Å². The minimum Gasteiger partial charge on any atom is -0.497 e. The fraction of sp³-hybridized carbons (Fsp3) is 0.231. The number of carbonyl (C=O) groups excluding carboxylic acids is 1. The Hall–Kier alpha value is -2.30. The molecule has 0 radical (unpaired) electrons. The summed E-state index contributed by atoms with van der Waals surface area (Å²) < 4.78 is 9.71. The van der Waals surface area contributed by atoms with Crippen LogP contribution in [-0.2, 0) is 9.53 Å². The van der Waals surface area contributed by atoms with Crippen molar-refractivity contribution in [3.63, 3.8) is 0 Å². The number of carboxylic acids is 1. The second-order valence-electron chi connectivity index (χ2n) is 3.39. The van der Waals surface area contributed by atoms with E-state index in [1.54, 1.807) is 13.0 Å². The summed E-state index contributed by atoms with van der Waals surface area (Å²) in [7, 11) is 1.44. The summed E-state index contributed by atoms with van der Waals surface area (Å²) in [5, 5.41) is 8.92. The second-order valence-corrected chi connectivity index (χ2v) is 3.39. The van der Waals surface area contributed by atoms with Crippen molar-refractivity contribution in [3.8, 4) is 5.75 Å². The molecule has 5 heteroatoms. The molecule has 96 valence electrons. The summed E-state index contributed by atoms with van der Waals surface area (Å²) in [5.74, 6) is -1.12. The molecule has 0 aliphatic rings. The van der Waals surface area contributed by atoms with Crippen molar-refractivity contribution in [1.29, 1.82) is 0 Å². The summed E-state index contributed by atoms with van der Waals surface area (Å²) in [6.45, 7) is 2.00. The fourth-order valence-electron chi connectivity index (χ4n) is 1.31. The zero-order valence-corrected chi connectivity index (χ0v) is 10.2. The minimum absolute atomic E-state index is 0.0952. The molecular weight excluding hydrogens is 236 g/mol. The van der Waals surface area contributed by atoms with E-state index >= 15 is 0 Å². The van der Waals surface area contributed by atoms with Gasteiger partial charge in [0.15, 0.2) is 0 Å². The Balaban J connectivity index is 2.98. The van der Waals surface area contributed by atoms with Crippen LogP contribution in [0.3, 0.4) is 0 Å². The van der Waals surface area contributed by atoms with Crippen molar-refractivity contribution < 1.29 is 24.2 Å². The first-order valence-electron chi connectivity index (χ1n) is 5.34. The predicted octanol–water partition coefficient (Wildman–Crippen LogP) is 1.97.